The highest BCUT2D eigenvalue weighted by Crippen LogP contribution is 2.06. The van der Waals surface area contributed by atoms with Crippen LogP contribution in [0.1, 0.15) is 20.3 Å². The molecule has 1 heterocycles. The second kappa shape index (κ2) is 8.06. The first kappa shape index (κ1) is 16.7. The van der Waals surface area contributed by atoms with Crippen LogP contribution in [0.3, 0.4) is 0 Å². The summed E-state index contributed by atoms with van der Waals surface area (Å²) in [6.45, 7) is 7.45. The zero-order chi connectivity index (χ0) is 15.1. The highest BCUT2D eigenvalue weighted by Gasteiger charge is 2.26. The molecule has 0 aromatic rings. The van der Waals surface area contributed by atoms with Crippen molar-refractivity contribution < 1.29 is 19.4 Å². The van der Waals surface area contributed by atoms with Crippen LogP contribution in [-0.2, 0) is 9.53 Å². The SMILES string of the molecule is COCCC(NC(=O)N1CCN(C(C)C)CC1)C(=O)O. The molecule has 0 bridgehead atoms. The molecule has 0 aromatic heterocycles. The molecule has 1 fully saturated rings. The van der Waals surface area contributed by atoms with Gasteiger partial charge in [-0.15, -0.1) is 0 Å². The lowest BCUT2D eigenvalue weighted by Gasteiger charge is -2.37. The number of hydrogen-bond donors (Lipinski definition) is 2. The van der Waals surface area contributed by atoms with Gasteiger partial charge in [-0.2, -0.15) is 0 Å². The fourth-order valence-corrected chi connectivity index (χ4v) is 2.17. The number of nitrogens with one attached hydrogen (secondary N) is 1. The van der Waals surface area contributed by atoms with Gasteiger partial charge in [-0.25, -0.2) is 9.59 Å². The number of carboxylic acid groups (broad SMARTS) is 1. The van der Waals surface area contributed by atoms with Crippen LogP contribution in [0.25, 0.3) is 0 Å². The van der Waals surface area contributed by atoms with E-state index in [1.807, 2.05) is 0 Å². The summed E-state index contributed by atoms with van der Waals surface area (Å²) in [4.78, 5) is 27.1. The van der Waals surface area contributed by atoms with Crippen LogP contribution in [0.15, 0.2) is 0 Å². The van der Waals surface area contributed by atoms with Crippen molar-refractivity contribution in [3.63, 3.8) is 0 Å². The maximum atomic E-state index is 12.0. The zero-order valence-corrected chi connectivity index (χ0v) is 12.5. The topological polar surface area (TPSA) is 82.1 Å². The van der Waals surface area contributed by atoms with E-state index in [-0.39, 0.29) is 12.5 Å². The minimum atomic E-state index is -1.03. The predicted octanol–water partition coefficient (Wildman–Crippen LogP) is 0.212. The number of urea groups is 1. The fraction of sp³-hybridized carbons (Fsp3) is 0.846. The monoisotopic (exact) mass is 287 g/mol. The van der Waals surface area contributed by atoms with E-state index < -0.39 is 12.0 Å². The predicted molar refractivity (Wildman–Crippen MR) is 74.7 cm³/mol. The first-order valence-electron chi connectivity index (χ1n) is 6.97. The third kappa shape index (κ3) is 4.97. The lowest BCUT2D eigenvalue weighted by atomic mass is 10.2. The summed E-state index contributed by atoms with van der Waals surface area (Å²) in [5, 5.41) is 11.6. The van der Waals surface area contributed by atoms with Crippen molar-refractivity contribution in [2.45, 2.75) is 32.4 Å². The van der Waals surface area contributed by atoms with Crippen molar-refractivity contribution in [2.75, 3.05) is 39.9 Å². The van der Waals surface area contributed by atoms with Crippen LogP contribution in [-0.4, -0.2) is 78.9 Å². The summed E-state index contributed by atoms with van der Waals surface area (Å²) in [6, 6.07) is -0.740. The summed E-state index contributed by atoms with van der Waals surface area (Å²) in [5.41, 5.74) is 0. The molecule has 116 valence electrons. The van der Waals surface area contributed by atoms with Gasteiger partial charge in [0.25, 0.3) is 0 Å². The number of hydrogen-bond acceptors (Lipinski definition) is 4. The summed E-state index contributed by atoms with van der Waals surface area (Å²) >= 11 is 0. The molecular formula is C13H25N3O4. The van der Waals surface area contributed by atoms with Gasteiger partial charge in [0.05, 0.1) is 0 Å². The van der Waals surface area contributed by atoms with Crippen LogP contribution in [0.2, 0.25) is 0 Å². The highest BCUT2D eigenvalue weighted by molar-refractivity contribution is 5.82. The second-order valence-electron chi connectivity index (χ2n) is 5.24. The Hall–Kier alpha value is -1.34. The maximum Gasteiger partial charge on any atom is 0.326 e. The Morgan fingerprint density at radius 1 is 1.25 bits per heavy atom. The van der Waals surface area contributed by atoms with Gasteiger partial charge >= 0.3 is 12.0 Å². The number of piperazine rings is 1. The number of carbonyl (C=O) groups is 2. The molecule has 1 rings (SSSR count). The number of carbonyl (C=O) groups excluding carboxylic acids is 1. The number of nitrogens with zero attached hydrogens (tertiary/aromatic N) is 2. The molecule has 2 amide bonds. The van der Waals surface area contributed by atoms with Crippen LogP contribution >= 0.6 is 0 Å². The van der Waals surface area contributed by atoms with E-state index >= 15 is 0 Å². The number of rotatable bonds is 6. The van der Waals surface area contributed by atoms with Crippen molar-refractivity contribution in [3.8, 4) is 0 Å². The Kier molecular flexibility index (Phi) is 6.74. The van der Waals surface area contributed by atoms with Gasteiger partial charge in [-0.05, 0) is 13.8 Å². The molecule has 7 nitrogen and oxygen atoms in total. The summed E-state index contributed by atoms with van der Waals surface area (Å²) in [5.74, 6) is -1.03. The average Bonchev–Trinajstić information content (AvgIpc) is 2.42. The molecule has 1 aliphatic rings. The molecule has 0 aromatic carbocycles. The number of ether oxygens (including phenoxy) is 1. The average molecular weight is 287 g/mol. The minimum absolute atomic E-state index is 0.267. The van der Waals surface area contributed by atoms with Crippen molar-refractivity contribution in [1.29, 1.82) is 0 Å². The Labute approximate surface area is 119 Å². The van der Waals surface area contributed by atoms with Crippen LogP contribution in [0, 0.1) is 0 Å². The Balaban J connectivity index is 2.43. The molecule has 0 aliphatic carbocycles. The van der Waals surface area contributed by atoms with E-state index in [0.717, 1.165) is 13.1 Å². The van der Waals surface area contributed by atoms with Crippen molar-refractivity contribution >= 4 is 12.0 Å². The summed E-state index contributed by atoms with van der Waals surface area (Å²) in [7, 11) is 1.51. The lowest BCUT2D eigenvalue weighted by Crippen LogP contribution is -2.55. The Bertz CT molecular complexity index is 328. The Morgan fingerprint density at radius 3 is 2.30 bits per heavy atom. The third-order valence-electron chi connectivity index (χ3n) is 3.54. The molecule has 0 saturated carbocycles. The molecular weight excluding hydrogens is 262 g/mol. The van der Waals surface area contributed by atoms with Gasteiger partial charge in [0.2, 0.25) is 0 Å². The molecule has 7 heteroatoms. The summed E-state index contributed by atoms with van der Waals surface area (Å²) in [6.07, 6.45) is 0.267. The minimum Gasteiger partial charge on any atom is -0.480 e. The number of carboxylic acids is 1. The van der Waals surface area contributed by atoms with E-state index in [1.165, 1.54) is 7.11 Å². The van der Waals surface area contributed by atoms with E-state index in [2.05, 4.69) is 24.1 Å². The van der Waals surface area contributed by atoms with Crippen LogP contribution in [0.4, 0.5) is 4.79 Å². The first-order valence-corrected chi connectivity index (χ1v) is 6.97. The first-order chi connectivity index (χ1) is 9.45. The van der Waals surface area contributed by atoms with Gasteiger partial charge in [-0.1, -0.05) is 0 Å². The number of amides is 2. The standard InChI is InChI=1S/C13H25N3O4/c1-10(2)15-5-7-16(8-6-15)13(19)14-11(12(17)18)4-9-20-3/h10-11H,4-9H2,1-3H3,(H,14,19)(H,17,18). The molecule has 1 atom stereocenters. The molecule has 2 N–H and O–H groups in total. The van der Waals surface area contributed by atoms with Crippen LogP contribution in [0.5, 0.6) is 0 Å². The smallest absolute Gasteiger partial charge is 0.326 e. The zero-order valence-electron chi connectivity index (χ0n) is 12.5. The van der Waals surface area contributed by atoms with Crippen LogP contribution < -0.4 is 5.32 Å². The highest BCUT2D eigenvalue weighted by atomic mass is 16.5. The van der Waals surface area contributed by atoms with Crippen molar-refractivity contribution in [1.82, 2.24) is 15.1 Å². The van der Waals surface area contributed by atoms with Crippen molar-refractivity contribution in [3.05, 3.63) is 0 Å². The van der Waals surface area contributed by atoms with Gasteiger partial charge in [0, 0.05) is 52.4 Å². The van der Waals surface area contributed by atoms with E-state index in [9.17, 15) is 9.59 Å². The molecule has 1 aliphatic heterocycles. The van der Waals surface area contributed by atoms with Gasteiger partial charge < -0.3 is 20.1 Å². The van der Waals surface area contributed by atoms with E-state index in [4.69, 9.17) is 9.84 Å². The van der Waals surface area contributed by atoms with Crippen molar-refractivity contribution in [2.24, 2.45) is 0 Å². The molecule has 1 saturated heterocycles. The molecule has 0 radical (unpaired) electrons. The van der Waals surface area contributed by atoms with Gasteiger partial charge in [-0.3, -0.25) is 4.90 Å². The lowest BCUT2D eigenvalue weighted by molar-refractivity contribution is -0.139. The Morgan fingerprint density at radius 2 is 1.85 bits per heavy atom. The number of methoxy groups -OCH3 is 1. The normalized spacial score (nSPS) is 18.1. The van der Waals surface area contributed by atoms with E-state index in [0.29, 0.717) is 25.7 Å². The quantitative estimate of drug-likeness (QED) is 0.730. The third-order valence-corrected chi connectivity index (χ3v) is 3.54. The van der Waals surface area contributed by atoms with Gasteiger partial charge in [0.1, 0.15) is 6.04 Å². The molecule has 1 unspecified atom stereocenters. The largest absolute Gasteiger partial charge is 0.480 e. The second-order valence-corrected chi connectivity index (χ2v) is 5.24. The summed E-state index contributed by atoms with van der Waals surface area (Å²) < 4.78 is 4.86. The fourth-order valence-electron chi connectivity index (χ4n) is 2.17. The maximum absolute atomic E-state index is 12.0. The molecule has 0 spiro atoms. The molecule has 20 heavy (non-hydrogen) atoms. The van der Waals surface area contributed by atoms with Gasteiger partial charge in [0.15, 0.2) is 0 Å². The number of aliphatic carboxylic acids is 1. The van der Waals surface area contributed by atoms with E-state index in [1.54, 1.807) is 4.90 Å².